The van der Waals surface area contributed by atoms with E-state index in [1.165, 1.54) is 22.4 Å². The summed E-state index contributed by atoms with van der Waals surface area (Å²) in [5.41, 5.74) is 10.6. The lowest BCUT2D eigenvalue weighted by Gasteiger charge is -2.22. The van der Waals surface area contributed by atoms with Crippen molar-refractivity contribution in [2.75, 3.05) is 11.9 Å². The predicted octanol–water partition coefficient (Wildman–Crippen LogP) is 3.74. The molecule has 0 radical (unpaired) electrons. The van der Waals surface area contributed by atoms with Crippen molar-refractivity contribution < 1.29 is 0 Å². The summed E-state index contributed by atoms with van der Waals surface area (Å²) >= 11 is 6.02. The van der Waals surface area contributed by atoms with Crippen molar-refractivity contribution in [1.82, 2.24) is 0 Å². The first kappa shape index (κ1) is 13.9. The van der Waals surface area contributed by atoms with E-state index < -0.39 is 0 Å². The highest BCUT2D eigenvalue weighted by atomic mass is 35.5. The SMILES string of the molecule is Cc1ccc(N(C)Cc2cccc(Cl)c2)c(CN)c1. The Morgan fingerprint density at radius 3 is 2.63 bits per heavy atom. The molecule has 2 rings (SSSR count). The summed E-state index contributed by atoms with van der Waals surface area (Å²) in [4.78, 5) is 2.20. The van der Waals surface area contributed by atoms with Crippen molar-refractivity contribution in [2.45, 2.75) is 20.0 Å². The van der Waals surface area contributed by atoms with Crippen LogP contribution in [0, 0.1) is 6.92 Å². The van der Waals surface area contributed by atoms with Crippen LogP contribution in [0.1, 0.15) is 16.7 Å². The standard InChI is InChI=1S/C16H19ClN2/c1-12-6-7-16(14(8-12)10-18)19(2)11-13-4-3-5-15(17)9-13/h3-9H,10-11,18H2,1-2H3. The summed E-state index contributed by atoms with van der Waals surface area (Å²) < 4.78 is 0. The summed E-state index contributed by atoms with van der Waals surface area (Å²) in [5.74, 6) is 0. The summed E-state index contributed by atoms with van der Waals surface area (Å²) in [6.07, 6.45) is 0. The second kappa shape index (κ2) is 6.09. The number of anilines is 1. The minimum atomic E-state index is 0.552. The fourth-order valence-corrected chi connectivity index (χ4v) is 2.46. The first-order valence-corrected chi connectivity index (χ1v) is 6.73. The molecule has 0 bridgehead atoms. The second-order valence-electron chi connectivity index (χ2n) is 4.82. The molecule has 2 N–H and O–H groups in total. The summed E-state index contributed by atoms with van der Waals surface area (Å²) in [6.45, 7) is 3.45. The van der Waals surface area contributed by atoms with Gasteiger partial charge in [0.2, 0.25) is 0 Å². The Bertz CT molecular complexity index is 566. The molecule has 0 unspecified atom stereocenters. The van der Waals surface area contributed by atoms with Crippen LogP contribution in [0.5, 0.6) is 0 Å². The molecule has 100 valence electrons. The Kier molecular flexibility index (Phi) is 4.46. The van der Waals surface area contributed by atoms with Crippen LogP contribution in [0.15, 0.2) is 42.5 Å². The van der Waals surface area contributed by atoms with Gasteiger partial charge in [0.25, 0.3) is 0 Å². The Labute approximate surface area is 119 Å². The van der Waals surface area contributed by atoms with Crippen LogP contribution in [-0.4, -0.2) is 7.05 Å². The van der Waals surface area contributed by atoms with Crippen LogP contribution >= 0.6 is 11.6 Å². The molecule has 0 heterocycles. The van der Waals surface area contributed by atoms with E-state index in [4.69, 9.17) is 17.3 Å². The number of aryl methyl sites for hydroxylation is 1. The van der Waals surface area contributed by atoms with Gasteiger partial charge in [0, 0.05) is 30.8 Å². The van der Waals surface area contributed by atoms with Gasteiger partial charge < -0.3 is 10.6 Å². The van der Waals surface area contributed by atoms with Gasteiger partial charge in [-0.1, -0.05) is 41.4 Å². The van der Waals surface area contributed by atoms with Crippen molar-refractivity contribution in [3.8, 4) is 0 Å². The molecule has 19 heavy (non-hydrogen) atoms. The minimum Gasteiger partial charge on any atom is -0.370 e. The van der Waals surface area contributed by atoms with Gasteiger partial charge in [0.15, 0.2) is 0 Å². The largest absolute Gasteiger partial charge is 0.370 e. The highest BCUT2D eigenvalue weighted by Crippen LogP contribution is 2.23. The van der Waals surface area contributed by atoms with E-state index in [1.54, 1.807) is 0 Å². The smallest absolute Gasteiger partial charge is 0.0426 e. The molecule has 0 spiro atoms. The van der Waals surface area contributed by atoms with E-state index in [0.717, 1.165) is 11.6 Å². The third-order valence-corrected chi connectivity index (χ3v) is 3.41. The number of nitrogens with zero attached hydrogens (tertiary/aromatic N) is 1. The molecule has 2 nitrogen and oxygen atoms in total. The lowest BCUT2D eigenvalue weighted by Crippen LogP contribution is -2.19. The molecule has 0 amide bonds. The molecule has 0 aliphatic heterocycles. The number of benzene rings is 2. The quantitative estimate of drug-likeness (QED) is 0.920. The van der Waals surface area contributed by atoms with Gasteiger partial charge in [-0.3, -0.25) is 0 Å². The minimum absolute atomic E-state index is 0.552. The number of hydrogen-bond acceptors (Lipinski definition) is 2. The molecule has 0 fully saturated rings. The molecule has 0 saturated heterocycles. The monoisotopic (exact) mass is 274 g/mol. The zero-order valence-electron chi connectivity index (χ0n) is 11.4. The predicted molar refractivity (Wildman–Crippen MR) is 82.6 cm³/mol. The Hall–Kier alpha value is -1.51. The van der Waals surface area contributed by atoms with Crippen molar-refractivity contribution in [2.24, 2.45) is 5.73 Å². The number of hydrogen-bond donors (Lipinski definition) is 1. The fourth-order valence-electron chi connectivity index (χ4n) is 2.24. The van der Waals surface area contributed by atoms with Crippen molar-refractivity contribution in [3.05, 3.63) is 64.2 Å². The van der Waals surface area contributed by atoms with Gasteiger partial charge in [-0.05, 0) is 36.2 Å². The third-order valence-electron chi connectivity index (χ3n) is 3.17. The van der Waals surface area contributed by atoms with Crippen molar-refractivity contribution in [3.63, 3.8) is 0 Å². The maximum absolute atomic E-state index is 6.02. The molecule has 0 aliphatic carbocycles. The van der Waals surface area contributed by atoms with Crippen molar-refractivity contribution in [1.29, 1.82) is 0 Å². The molecule has 2 aromatic carbocycles. The van der Waals surface area contributed by atoms with Crippen LogP contribution in [0.25, 0.3) is 0 Å². The zero-order valence-corrected chi connectivity index (χ0v) is 12.1. The average Bonchev–Trinajstić information content (AvgIpc) is 2.38. The molecular weight excluding hydrogens is 256 g/mol. The maximum Gasteiger partial charge on any atom is 0.0426 e. The Morgan fingerprint density at radius 1 is 1.16 bits per heavy atom. The highest BCUT2D eigenvalue weighted by Gasteiger charge is 2.07. The van der Waals surface area contributed by atoms with Gasteiger partial charge in [0.05, 0.1) is 0 Å². The lowest BCUT2D eigenvalue weighted by atomic mass is 10.1. The topological polar surface area (TPSA) is 29.3 Å². The number of halogens is 1. The van der Waals surface area contributed by atoms with Gasteiger partial charge in [-0.2, -0.15) is 0 Å². The first-order valence-electron chi connectivity index (χ1n) is 6.35. The van der Waals surface area contributed by atoms with E-state index in [0.29, 0.717) is 6.54 Å². The van der Waals surface area contributed by atoms with Gasteiger partial charge in [-0.15, -0.1) is 0 Å². The first-order chi connectivity index (χ1) is 9.10. The Balaban J connectivity index is 2.22. The van der Waals surface area contributed by atoms with Gasteiger partial charge in [0.1, 0.15) is 0 Å². The van der Waals surface area contributed by atoms with E-state index >= 15 is 0 Å². The fraction of sp³-hybridized carbons (Fsp3) is 0.250. The van der Waals surface area contributed by atoms with Crippen LogP contribution in [0.4, 0.5) is 5.69 Å². The van der Waals surface area contributed by atoms with E-state index in [9.17, 15) is 0 Å². The lowest BCUT2D eigenvalue weighted by molar-refractivity contribution is 0.903. The molecule has 0 atom stereocenters. The van der Waals surface area contributed by atoms with Crippen LogP contribution < -0.4 is 10.6 Å². The summed E-state index contributed by atoms with van der Waals surface area (Å²) in [6, 6.07) is 14.3. The summed E-state index contributed by atoms with van der Waals surface area (Å²) in [7, 11) is 2.07. The number of rotatable bonds is 4. The van der Waals surface area contributed by atoms with Gasteiger partial charge >= 0.3 is 0 Å². The van der Waals surface area contributed by atoms with Crippen LogP contribution in [0.3, 0.4) is 0 Å². The Morgan fingerprint density at radius 2 is 1.95 bits per heavy atom. The molecule has 3 heteroatoms. The van der Waals surface area contributed by atoms with Crippen molar-refractivity contribution >= 4 is 17.3 Å². The third kappa shape index (κ3) is 3.49. The number of nitrogens with two attached hydrogens (primary N) is 1. The van der Waals surface area contributed by atoms with E-state index in [2.05, 4.69) is 43.1 Å². The average molecular weight is 275 g/mol. The maximum atomic E-state index is 6.02. The molecular formula is C16H19ClN2. The van der Waals surface area contributed by atoms with E-state index in [1.807, 2.05) is 18.2 Å². The normalized spacial score (nSPS) is 10.5. The zero-order chi connectivity index (χ0) is 13.8. The molecule has 0 aliphatic rings. The highest BCUT2D eigenvalue weighted by molar-refractivity contribution is 6.30. The summed E-state index contributed by atoms with van der Waals surface area (Å²) in [5, 5.41) is 0.772. The van der Waals surface area contributed by atoms with Crippen LogP contribution in [-0.2, 0) is 13.1 Å². The molecule has 2 aromatic rings. The van der Waals surface area contributed by atoms with Crippen LogP contribution in [0.2, 0.25) is 5.02 Å². The van der Waals surface area contributed by atoms with E-state index in [-0.39, 0.29) is 0 Å². The molecule has 0 saturated carbocycles. The second-order valence-corrected chi connectivity index (χ2v) is 5.26. The van der Waals surface area contributed by atoms with Gasteiger partial charge in [-0.25, -0.2) is 0 Å². The molecule has 0 aromatic heterocycles.